The van der Waals surface area contributed by atoms with Crippen LogP contribution in [-0.4, -0.2) is 49.6 Å². The number of hydrogen-bond donors (Lipinski definition) is 0. The molecule has 3 atom stereocenters. The molecule has 146 valence electrons. The fourth-order valence-corrected chi connectivity index (χ4v) is 2.33. The lowest BCUT2D eigenvalue weighted by atomic mass is 10.1. The Morgan fingerprint density at radius 2 is 1.12 bits per heavy atom. The first-order valence-corrected chi connectivity index (χ1v) is 9.96. The van der Waals surface area contributed by atoms with Crippen molar-refractivity contribution in [2.75, 3.05) is 26.4 Å². The zero-order valence-corrected chi connectivity index (χ0v) is 18.2. The summed E-state index contributed by atoms with van der Waals surface area (Å²) in [6.07, 6.45) is 3.79. The van der Waals surface area contributed by atoms with Gasteiger partial charge in [-0.15, -0.1) is 9.24 Å². The average Bonchev–Trinajstić information content (AvgIpc) is 2.44. The summed E-state index contributed by atoms with van der Waals surface area (Å²) in [6.45, 7) is 17.4. The second kappa shape index (κ2) is 12.6. The molecule has 0 aromatic rings. The topological polar surface area (TPSA) is 36.9 Å². The summed E-state index contributed by atoms with van der Waals surface area (Å²) >= 11 is 0. The molecule has 0 aromatic carbocycles. The van der Waals surface area contributed by atoms with E-state index in [9.17, 15) is 0 Å². The minimum Gasteiger partial charge on any atom is -0.376 e. The van der Waals surface area contributed by atoms with Gasteiger partial charge in [0.1, 0.15) is 0 Å². The van der Waals surface area contributed by atoms with Crippen molar-refractivity contribution in [2.45, 2.75) is 97.3 Å². The molecule has 5 heteroatoms. The zero-order chi connectivity index (χ0) is 18.6. The Hall–Kier alpha value is 0.270. The number of ether oxygens (including phenoxy) is 4. The van der Waals surface area contributed by atoms with Gasteiger partial charge in [0.25, 0.3) is 0 Å². The molecule has 0 rings (SSSR count). The van der Waals surface area contributed by atoms with Gasteiger partial charge in [-0.1, -0.05) is 13.8 Å². The molecule has 0 aromatic heterocycles. The summed E-state index contributed by atoms with van der Waals surface area (Å²) in [5, 5.41) is -0.204. The van der Waals surface area contributed by atoms with Crippen molar-refractivity contribution < 1.29 is 18.9 Å². The van der Waals surface area contributed by atoms with Crippen LogP contribution in [0.25, 0.3) is 0 Å². The van der Waals surface area contributed by atoms with E-state index in [0.717, 1.165) is 38.9 Å². The van der Waals surface area contributed by atoms with E-state index in [0.29, 0.717) is 13.2 Å². The maximum absolute atomic E-state index is 6.08. The molecule has 0 saturated carbocycles. The van der Waals surface area contributed by atoms with Gasteiger partial charge in [0.2, 0.25) is 0 Å². The summed E-state index contributed by atoms with van der Waals surface area (Å²) < 4.78 is 23.9. The van der Waals surface area contributed by atoms with Crippen LogP contribution in [0.5, 0.6) is 0 Å². The van der Waals surface area contributed by atoms with Crippen LogP contribution >= 0.6 is 9.24 Å². The molecule has 0 aliphatic carbocycles. The van der Waals surface area contributed by atoms with Crippen molar-refractivity contribution >= 4 is 9.24 Å². The highest BCUT2D eigenvalue weighted by molar-refractivity contribution is 7.18. The van der Waals surface area contributed by atoms with Gasteiger partial charge in [0.15, 0.2) is 0 Å². The summed E-state index contributed by atoms with van der Waals surface area (Å²) in [5.74, 6) is 0. The lowest BCUT2D eigenvalue weighted by Crippen LogP contribution is -2.36. The third-order valence-electron chi connectivity index (χ3n) is 3.30. The molecule has 0 aliphatic heterocycles. The molecular weight excluding hydrogens is 323 g/mol. The average molecular weight is 365 g/mol. The molecule has 0 aliphatic rings. The monoisotopic (exact) mass is 364 g/mol. The maximum atomic E-state index is 6.08. The predicted molar refractivity (Wildman–Crippen MR) is 105 cm³/mol. The van der Waals surface area contributed by atoms with E-state index >= 15 is 0 Å². The quantitative estimate of drug-likeness (QED) is 0.415. The molecule has 0 radical (unpaired) electrons. The molecule has 0 spiro atoms. The SMILES string of the molecule is CCCOC(CCOC(C)(C)C)C(CCOC(C)(C)P)OCCC. The second-order valence-corrected chi connectivity index (χ2v) is 9.20. The molecule has 0 saturated heterocycles. The van der Waals surface area contributed by atoms with E-state index in [1.54, 1.807) is 0 Å². The van der Waals surface area contributed by atoms with Crippen LogP contribution in [0.2, 0.25) is 0 Å². The minimum absolute atomic E-state index is 0.0485. The first-order chi connectivity index (χ1) is 11.1. The third-order valence-corrected chi connectivity index (χ3v) is 3.47. The van der Waals surface area contributed by atoms with Crippen molar-refractivity contribution in [1.82, 2.24) is 0 Å². The number of hydrogen-bond acceptors (Lipinski definition) is 4. The summed E-state index contributed by atoms with van der Waals surface area (Å²) in [5.41, 5.74) is -0.123. The van der Waals surface area contributed by atoms with Crippen molar-refractivity contribution in [3.8, 4) is 0 Å². The van der Waals surface area contributed by atoms with Gasteiger partial charge in [-0.25, -0.2) is 0 Å². The first-order valence-electron chi connectivity index (χ1n) is 9.39. The lowest BCUT2D eigenvalue weighted by Gasteiger charge is -2.30. The van der Waals surface area contributed by atoms with Gasteiger partial charge < -0.3 is 18.9 Å². The van der Waals surface area contributed by atoms with Crippen LogP contribution in [0.1, 0.15) is 74.1 Å². The zero-order valence-electron chi connectivity index (χ0n) is 17.0. The van der Waals surface area contributed by atoms with Crippen molar-refractivity contribution in [3.05, 3.63) is 0 Å². The molecule has 0 amide bonds. The van der Waals surface area contributed by atoms with Crippen molar-refractivity contribution in [2.24, 2.45) is 0 Å². The fourth-order valence-electron chi connectivity index (χ4n) is 2.21. The van der Waals surface area contributed by atoms with E-state index in [2.05, 4.69) is 43.9 Å². The molecule has 24 heavy (non-hydrogen) atoms. The van der Waals surface area contributed by atoms with E-state index < -0.39 is 0 Å². The first kappa shape index (κ1) is 24.3. The molecule has 0 bridgehead atoms. The van der Waals surface area contributed by atoms with Crippen molar-refractivity contribution in [3.63, 3.8) is 0 Å². The normalized spacial score (nSPS) is 15.5. The van der Waals surface area contributed by atoms with E-state index in [1.807, 2.05) is 13.8 Å². The lowest BCUT2D eigenvalue weighted by molar-refractivity contribution is -0.105. The fraction of sp³-hybridized carbons (Fsp3) is 1.00. The predicted octanol–water partition coefficient (Wildman–Crippen LogP) is 4.80. The molecule has 3 unspecified atom stereocenters. The van der Waals surface area contributed by atoms with Crippen LogP contribution in [-0.2, 0) is 18.9 Å². The molecule has 4 nitrogen and oxygen atoms in total. The Kier molecular flexibility index (Phi) is 12.7. The van der Waals surface area contributed by atoms with E-state index in [-0.39, 0.29) is 23.2 Å². The summed E-state index contributed by atoms with van der Waals surface area (Å²) in [4.78, 5) is 0. The van der Waals surface area contributed by atoms with Crippen LogP contribution in [0.4, 0.5) is 0 Å². The van der Waals surface area contributed by atoms with Gasteiger partial charge in [0.05, 0.1) is 29.8 Å². The smallest absolute Gasteiger partial charge is 0.0859 e. The summed E-state index contributed by atoms with van der Waals surface area (Å²) in [6, 6.07) is 0. The van der Waals surface area contributed by atoms with Crippen LogP contribution in [0.3, 0.4) is 0 Å². The van der Waals surface area contributed by atoms with Gasteiger partial charge in [-0.3, -0.25) is 0 Å². The molecule has 0 N–H and O–H groups in total. The Balaban J connectivity index is 4.64. The van der Waals surface area contributed by atoms with Gasteiger partial charge in [-0.2, -0.15) is 0 Å². The standard InChI is InChI=1S/C19H41O4P/c1-8-12-20-16(10-14-22-18(3,4)5)17(21-13-9-2)11-15-23-19(6,7)24/h16-17H,8-15,24H2,1-7H3. The van der Waals surface area contributed by atoms with E-state index in [4.69, 9.17) is 18.9 Å². The van der Waals surface area contributed by atoms with Crippen LogP contribution in [0, 0.1) is 0 Å². The summed E-state index contributed by atoms with van der Waals surface area (Å²) in [7, 11) is 2.72. The Bertz CT molecular complexity index is 267. The third kappa shape index (κ3) is 14.6. The van der Waals surface area contributed by atoms with Gasteiger partial charge >= 0.3 is 0 Å². The second-order valence-electron chi connectivity index (χ2n) is 7.81. The molecule has 0 fully saturated rings. The Morgan fingerprint density at radius 3 is 1.46 bits per heavy atom. The van der Waals surface area contributed by atoms with Gasteiger partial charge in [0, 0.05) is 19.8 Å². The molecule has 0 heterocycles. The van der Waals surface area contributed by atoms with Crippen molar-refractivity contribution in [1.29, 1.82) is 0 Å². The Morgan fingerprint density at radius 1 is 0.708 bits per heavy atom. The molecular formula is C19H41O4P. The maximum Gasteiger partial charge on any atom is 0.0859 e. The van der Waals surface area contributed by atoms with E-state index in [1.165, 1.54) is 0 Å². The highest BCUT2D eigenvalue weighted by Crippen LogP contribution is 2.21. The van der Waals surface area contributed by atoms with Crippen LogP contribution in [0.15, 0.2) is 0 Å². The van der Waals surface area contributed by atoms with Crippen LogP contribution < -0.4 is 0 Å². The Labute approximate surface area is 152 Å². The highest BCUT2D eigenvalue weighted by atomic mass is 31.0. The number of rotatable bonds is 14. The largest absolute Gasteiger partial charge is 0.376 e. The highest BCUT2D eigenvalue weighted by Gasteiger charge is 2.24. The minimum atomic E-state index is -0.204. The van der Waals surface area contributed by atoms with Gasteiger partial charge in [-0.05, 0) is 60.3 Å².